The first-order valence-electron chi connectivity index (χ1n) is 6.97. The second-order valence-corrected chi connectivity index (χ2v) is 4.64. The lowest BCUT2D eigenvalue weighted by molar-refractivity contribution is -0.112. The molecule has 1 aromatic rings. The number of alkyl halides is 1. The van der Waals surface area contributed by atoms with Crippen LogP contribution in [0.1, 0.15) is 38.3 Å². The van der Waals surface area contributed by atoms with Crippen molar-refractivity contribution in [2.45, 2.75) is 39.8 Å². The molecule has 1 aromatic carbocycles. The third-order valence-electron chi connectivity index (χ3n) is 2.70. The van der Waals surface area contributed by atoms with Gasteiger partial charge in [-0.3, -0.25) is 4.79 Å². The molecular formula is C17H23FN2O. The van der Waals surface area contributed by atoms with Crippen molar-refractivity contribution in [3.63, 3.8) is 0 Å². The number of benzene rings is 1. The number of carbonyl (C=O) groups excluding carboxylic acids is 1. The minimum atomic E-state index is -1.10. The van der Waals surface area contributed by atoms with E-state index >= 15 is 0 Å². The highest BCUT2D eigenvalue weighted by Crippen LogP contribution is 2.05. The zero-order valence-electron chi connectivity index (χ0n) is 13.1. The van der Waals surface area contributed by atoms with Crippen molar-refractivity contribution in [3.05, 3.63) is 47.2 Å². The molecule has 114 valence electrons. The molecule has 1 unspecified atom stereocenters. The predicted molar refractivity (Wildman–Crippen MR) is 83.5 cm³/mol. The molecule has 3 nitrogen and oxygen atoms in total. The van der Waals surface area contributed by atoms with Crippen molar-refractivity contribution >= 4 is 5.78 Å². The Morgan fingerprint density at radius 2 is 2.00 bits per heavy atom. The fourth-order valence-corrected chi connectivity index (χ4v) is 1.64. The first-order valence-corrected chi connectivity index (χ1v) is 6.97. The summed E-state index contributed by atoms with van der Waals surface area (Å²) in [6, 6.07) is 9.86. The first-order chi connectivity index (χ1) is 9.94. The summed E-state index contributed by atoms with van der Waals surface area (Å²) in [4.78, 5) is 10.4. The number of allylic oxidation sites excluding steroid dienone is 2. The summed E-state index contributed by atoms with van der Waals surface area (Å²) in [5.41, 5.74) is 2.38. The molecule has 0 fully saturated rings. The Balaban J connectivity index is 0.000000384. The van der Waals surface area contributed by atoms with Gasteiger partial charge in [0.1, 0.15) is 6.17 Å². The summed E-state index contributed by atoms with van der Waals surface area (Å²) in [7, 11) is 1.59. The van der Waals surface area contributed by atoms with Crippen LogP contribution in [0.15, 0.2) is 36.0 Å². The SMILES string of the molecule is CCCc1ccc(C#N)cc1.CN/C(=C\C(C)=O)C(C)F. The summed E-state index contributed by atoms with van der Waals surface area (Å²) in [5, 5.41) is 11.1. The van der Waals surface area contributed by atoms with Crippen molar-refractivity contribution in [1.29, 1.82) is 5.26 Å². The van der Waals surface area contributed by atoms with Crippen LogP contribution in [0.4, 0.5) is 4.39 Å². The average molecular weight is 290 g/mol. The van der Waals surface area contributed by atoms with Crippen molar-refractivity contribution < 1.29 is 9.18 Å². The fraction of sp³-hybridized carbons (Fsp3) is 0.412. The Morgan fingerprint density at radius 1 is 1.43 bits per heavy atom. The topological polar surface area (TPSA) is 52.9 Å². The number of hydrogen-bond acceptors (Lipinski definition) is 3. The molecule has 0 aliphatic rings. The molecule has 0 bridgehead atoms. The highest BCUT2D eigenvalue weighted by atomic mass is 19.1. The molecule has 0 aromatic heterocycles. The smallest absolute Gasteiger partial charge is 0.154 e. The maximum absolute atomic E-state index is 12.4. The number of aryl methyl sites for hydroxylation is 1. The average Bonchev–Trinajstić information content (AvgIpc) is 2.46. The summed E-state index contributed by atoms with van der Waals surface area (Å²) in [6.45, 7) is 4.92. The van der Waals surface area contributed by atoms with Gasteiger partial charge in [-0.1, -0.05) is 25.5 Å². The number of nitrogens with one attached hydrogen (secondary N) is 1. The quantitative estimate of drug-likeness (QED) is 0.844. The number of nitrogens with zero attached hydrogens (tertiary/aromatic N) is 1. The van der Waals surface area contributed by atoms with E-state index in [0.29, 0.717) is 5.70 Å². The summed E-state index contributed by atoms with van der Waals surface area (Å²) >= 11 is 0. The van der Waals surface area contributed by atoms with Gasteiger partial charge >= 0.3 is 0 Å². The van der Waals surface area contributed by atoms with Gasteiger partial charge in [0.05, 0.1) is 11.6 Å². The van der Waals surface area contributed by atoms with Gasteiger partial charge in [0, 0.05) is 18.8 Å². The van der Waals surface area contributed by atoms with E-state index in [1.165, 1.54) is 25.5 Å². The second kappa shape index (κ2) is 10.6. The number of rotatable bonds is 5. The number of carbonyl (C=O) groups is 1. The van der Waals surface area contributed by atoms with Crippen LogP contribution in [0.2, 0.25) is 0 Å². The Kier molecular flexibility index (Phi) is 9.53. The first kappa shape index (κ1) is 18.9. The van der Waals surface area contributed by atoms with E-state index in [1.807, 2.05) is 24.3 Å². The molecule has 4 heteroatoms. The standard InChI is InChI=1S/C10H11N.C7H12FNO/c1-2-3-9-4-6-10(8-11)7-5-9;1-5(10)4-7(9-3)6(2)8/h4-7H,2-3H2,1H3;4,6,9H,1-3H3/b;7-4-. The predicted octanol–water partition coefficient (Wildman–Crippen LogP) is 3.55. The molecule has 0 heterocycles. The lowest BCUT2D eigenvalue weighted by atomic mass is 10.1. The molecule has 0 aliphatic heterocycles. The summed E-state index contributed by atoms with van der Waals surface area (Å²) in [6.07, 6.45) is 2.41. The number of nitriles is 1. The van der Waals surface area contributed by atoms with E-state index in [4.69, 9.17) is 5.26 Å². The zero-order valence-corrected chi connectivity index (χ0v) is 13.1. The number of halogens is 1. The van der Waals surface area contributed by atoms with Crippen LogP contribution in [0.25, 0.3) is 0 Å². The van der Waals surface area contributed by atoms with E-state index in [9.17, 15) is 9.18 Å². The Bertz CT molecular complexity index is 499. The van der Waals surface area contributed by atoms with Crippen LogP contribution in [-0.2, 0) is 11.2 Å². The van der Waals surface area contributed by atoms with Crippen LogP contribution in [0.3, 0.4) is 0 Å². The van der Waals surface area contributed by atoms with Crippen molar-refractivity contribution in [2.75, 3.05) is 7.05 Å². The minimum absolute atomic E-state index is 0.145. The molecule has 1 rings (SSSR count). The molecule has 0 spiro atoms. The van der Waals surface area contributed by atoms with Gasteiger partial charge in [0.15, 0.2) is 5.78 Å². The van der Waals surface area contributed by atoms with Gasteiger partial charge in [-0.2, -0.15) is 5.26 Å². The van der Waals surface area contributed by atoms with E-state index in [2.05, 4.69) is 18.3 Å². The largest absolute Gasteiger partial charge is 0.389 e. The highest BCUT2D eigenvalue weighted by molar-refractivity contribution is 5.87. The van der Waals surface area contributed by atoms with Gasteiger partial charge in [0.2, 0.25) is 0 Å². The maximum atomic E-state index is 12.4. The van der Waals surface area contributed by atoms with Crippen LogP contribution in [0.5, 0.6) is 0 Å². The molecule has 21 heavy (non-hydrogen) atoms. The molecule has 0 radical (unpaired) electrons. The molecule has 0 saturated heterocycles. The molecule has 0 saturated carbocycles. The molecular weight excluding hydrogens is 267 g/mol. The van der Waals surface area contributed by atoms with Crippen molar-refractivity contribution in [2.24, 2.45) is 0 Å². The highest BCUT2D eigenvalue weighted by Gasteiger charge is 2.03. The summed E-state index contributed by atoms with van der Waals surface area (Å²) in [5.74, 6) is -0.145. The lowest BCUT2D eigenvalue weighted by Crippen LogP contribution is -2.15. The van der Waals surface area contributed by atoms with Gasteiger partial charge in [-0.25, -0.2) is 4.39 Å². The van der Waals surface area contributed by atoms with Crippen molar-refractivity contribution in [1.82, 2.24) is 5.32 Å². The Labute approximate surface area is 126 Å². The monoisotopic (exact) mass is 290 g/mol. The number of ketones is 1. The van der Waals surface area contributed by atoms with Gasteiger partial charge in [-0.15, -0.1) is 0 Å². The molecule has 0 aliphatic carbocycles. The minimum Gasteiger partial charge on any atom is -0.389 e. The van der Waals surface area contributed by atoms with Crippen LogP contribution < -0.4 is 5.32 Å². The third kappa shape index (κ3) is 8.59. The van der Waals surface area contributed by atoms with Crippen molar-refractivity contribution in [3.8, 4) is 6.07 Å². The van der Waals surface area contributed by atoms with Gasteiger partial charge in [0.25, 0.3) is 0 Å². The van der Waals surface area contributed by atoms with Gasteiger partial charge in [-0.05, 0) is 38.0 Å². The maximum Gasteiger partial charge on any atom is 0.154 e. The van der Waals surface area contributed by atoms with Gasteiger partial charge < -0.3 is 5.32 Å². The molecule has 0 amide bonds. The van der Waals surface area contributed by atoms with Crippen LogP contribution in [-0.4, -0.2) is 19.0 Å². The van der Waals surface area contributed by atoms with E-state index in [-0.39, 0.29) is 5.78 Å². The van der Waals surface area contributed by atoms with E-state index < -0.39 is 6.17 Å². The van der Waals surface area contributed by atoms with E-state index in [0.717, 1.165) is 18.4 Å². The Morgan fingerprint density at radius 3 is 2.29 bits per heavy atom. The Hall–Kier alpha value is -2.15. The lowest BCUT2D eigenvalue weighted by Gasteiger charge is -2.05. The van der Waals surface area contributed by atoms with E-state index in [1.54, 1.807) is 7.05 Å². The fourth-order valence-electron chi connectivity index (χ4n) is 1.64. The third-order valence-corrected chi connectivity index (χ3v) is 2.70. The normalized spacial score (nSPS) is 11.7. The van der Waals surface area contributed by atoms with Crippen LogP contribution in [0, 0.1) is 11.3 Å². The summed E-state index contributed by atoms with van der Waals surface area (Å²) < 4.78 is 12.4. The zero-order chi connectivity index (χ0) is 16.3. The van der Waals surface area contributed by atoms with Crippen LogP contribution >= 0.6 is 0 Å². The molecule has 1 N–H and O–H groups in total. The molecule has 1 atom stereocenters. The number of hydrogen-bond donors (Lipinski definition) is 1. The second-order valence-electron chi connectivity index (χ2n) is 4.64.